The zero-order valence-electron chi connectivity index (χ0n) is 12.9. The molecule has 0 aromatic rings. The summed E-state index contributed by atoms with van der Waals surface area (Å²) < 4.78 is 4.86. The van der Waals surface area contributed by atoms with Gasteiger partial charge in [-0.25, -0.2) is 0 Å². The minimum atomic E-state index is -0.242. The van der Waals surface area contributed by atoms with Crippen LogP contribution in [0.15, 0.2) is 0 Å². The number of ether oxygens (including phenoxy) is 1. The van der Waals surface area contributed by atoms with Gasteiger partial charge in [-0.1, -0.05) is 13.3 Å². The zero-order chi connectivity index (χ0) is 14.8. The summed E-state index contributed by atoms with van der Waals surface area (Å²) in [6, 6.07) is -0.0489. The topological polar surface area (TPSA) is 58.6 Å². The lowest BCUT2D eigenvalue weighted by atomic mass is 10.1. The van der Waals surface area contributed by atoms with Crippen molar-refractivity contribution in [1.29, 1.82) is 0 Å². The van der Waals surface area contributed by atoms with Crippen LogP contribution in [0.5, 0.6) is 0 Å². The Morgan fingerprint density at radius 2 is 1.89 bits per heavy atom. The molecule has 1 amide bonds. The summed E-state index contributed by atoms with van der Waals surface area (Å²) >= 11 is 0. The SMILES string of the molecule is CCCC(C)NC(=O)C(C)N(C)CCC(=O)OCC. The van der Waals surface area contributed by atoms with Gasteiger partial charge in [-0.2, -0.15) is 0 Å². The summed E-state index contributed by atoms with van der Waals surface area (Å²) in [5.41, 5.74) is 0. The van der Waals surface area contributed by atoms with E-state index >= 15 is 0 Å². The van der Waals surface area contributed by atoms with Crippen molar-refractivity contribution < 1.29 is 14.3 Å². The van der Waals surface area contributed by atoms with Crippen molar-refractivity contribution in [3.63, 3.8) is 0 Å². The molecule has 0 spiro atoms. The fourth-order valence-corrected chi connectivity index (χ4v) is 1.76. The van der Waals surface area contributed by atoms with Gasteiger partial charge >= 0.3 is 5.97 Å². The maximum atomic E-state index is 12.0. The first-order chi connectivity index (χ1) is 8.92. The average molecular weight is 272 g/mol. The van der Waals surface area contributed by atoms with Crippen molar-refractivity contribution in [3.05, 3.63) is 0 Å². The number of carbonyl (C=O) groups excluding carboxylic acids is 2. The van der Waals surface area contributed by atoms with E-state index in [2.05, 4.69) is 12.2 Å². The van der Waals surface area contributed by atoms with Crippen LogP contribution in [0.3, 0.4) is 0 Å². The molecule has 2 unspecified atom stereocenters. The number of rotatable bonds is 9. The van der Waals surface area contributed by atoms with Crippen LogP contribution in [0, 0.1) is 0 Å². The van der Waals surface area contributed by atoms with Crippen LogP contribution in [0.1, 0.15) is 47.0 Å². The number of amides is 1. The molecule has 5 nitrogen and oxygen atoms in total. The lowest BCUT2D eigenvalue weighted by Crippen LogP contribution is -2.46. The van der Waals surface area contributed by atoms with Gasteiger partial charge in [0, 0.05) is 12.6 Å². The standard InChI is InChI=1S/C14H28N2O3/c1-6-8-11(3)15-14(18)12(4)16(5)10-9-13(17)19-7-2/h11-12H,6-10H2,1-5H3,(H,15,18). The molecule has 1 N–H and O–H groups in total. The van der Waals surface area contributed by atoms with Crippen molar-refractivity contribution in [3.8, 4) is 0 Å². The fraction of sp³-hybridized carbons (Fsp3) is 0.857. The van der Waals surface area contributed by atoms with E-state index in [4.69, 9.17) is 4.74 Å². The van der Waals surface area contributed by atoms with Gasteiger partial charge in [0.25, 0.3) is 0 Å². The second-order valence-corrected chi connectivity index (χ2v) is 4.91. The molecule has 0 aromatic heterocycles. The third kappa shape index (κ3) is 7.82. The number of carbonyl (C=O) groups is 2. The molecule has 0 heterocycles. The first-order valence-electron chi connectivity index (χ1n) is 7.08. The van der Waals surface area contributed by atoms with Gasteiger partial charge in [0.2, 0.25) is 5.91 Å². The van der Waals surface area contributed by atoms with E-state index in [1.165, 1.54) is 0 Å². The van der Waals surface area contributed by atoms with Gasteiger partial charge in [-0.15, -0.1) is 0 Å². The van der Waals surface area contributed by atoms with Crippen LogP contribution in [0.2, 0.25) is 0 Å². The summed E-state index contributed by atoms with van der Waals surface area (Å²) in [4.78, 5) is 25.1. The summed E-state index contributed by atoms with van der Waals surface area (Å²) in [5, 5.41) is 2.98. The smallest absolute Gasteiger partial charge is 0.307 e. The Kier molecular flexibility index (Phi) is 9.21. The third-order valence-corrected chi connectivity index (χ3v) is 3.12. The average Bonchev–Trinajstić information content (AvgIpc) is 2.35. The molecular weight excluding hydrogens is 244 g/mol. The number of nitrogens with one attached hydrogen (secondary N) is 1. The highest BCUT2D eigenvalue weighted by molar-refractivity contribution is 5.81. The highest BCUT2D eigenvalue weighted by Crippen LogP contribution is 2.01. The van der Waals surface area contributed by atoms with Gasteiger partial charge in [0.05, 0.1) is 19.1 Å². The van der Waals surface area contributed by atoms with Crippen molar-refractivity contribution in [2.24, 2.45) is 0 Å². The second kappa shape index (κ2) is 9.78. The highest BCUT2D eigenvalue weighted by Gasteiger charge is 2.19. The van der Waals surface area contributed by atoms with Crippen molar-refractivity contribution >= 4 is 11.9 Å². The number of hydrogen-bond acceptors (Lipinski definition) is 4. The Labute approximate surface area is 116 Å². The Morgan fingerprint density at radius 1 is 1.26 bits per heavy atom. The molecule has 0 bridgehead atoms. The van der Waals surface area contributed by atoms with Crippen molar-refractivity contribution in [1.82, 2.24) is 10.2 Å². The summed E-state index contributed by atoms with van der Waals surface area (Å²) in [6.07, 6.45) is 2.34. The van der Waals surface area contributed by atoms with Crippen LogP contribution in [-0.2, 0) is 14.3 Å². The number of nitrogens with zero attached hydrogens (tertiary/aromatic N) is 1. The molecule has 0 fully saturated rings. The van der Waals surface area contributed by atoms with Crippen molar-refractivity contribution in [2.75, 3.05) is 20.2 Å². The first kappa shape index (κ1) is 17.9. The van der Waals surface area contributed by atoms with Crippen molar-refractivity contribution in [2.45, 2.75) is 59.0 Å². The molecule has 0 rings (SSSR count). The minimum Gasteiger partial charge on any atom is -0.466 e. The number of esters is 1. The molecule has 19 heavy (non-hydrogen) atoms. The van der Waals surface area contributed by atoms with Gasteiger partial charge in [0.15, 0.2) is 0 Å². The van der Waals surface area contributed by atoms with Crippen LogP contribution in [0.4, 0.5) is 0 Å². The Morgan fingerprint density at radius 3 is 2.42 bits per heavy atom. The molecule has 0 radical (unpaired) electrons. The monoisotopic (exact) mass is 272 g/mol. The Balaban J connectivity index is 4.06. The second-order valence-electron chi connectivity index (χ2n) is 4.91. The quantitative estimate of drug-likeness (QED) is 0.647. The van der Waals surface area contributed by atoms with E-state index in [0.29, 0.717) is 19.6 Å². The summed E-state index contributed by atoms with van der Waals surface area (Å²) in [7, 11) is 1.84. The largest absolute Gasteiger partial charge is 0.466 e. The van der Waals surface area contributed by atoms with Crippen LogP contribution in [0.25, 0.3) is 0 Å². The van der Waals surface area contributed by atoms with E-state index in [9.17, 15) is 9.59 Å². The molecule has 0 saturated heterocycles. The maximum absolute atomic E-state index is 12.0. The fourth-order valence-electron chi connectivity index (χ4n) is 1.76. The third-order valence-electron chi connectivity index (χ3n) is 3.12. The van der Waals surface area contributed by atoms with Crippen LogP contribution >= 0.6 is 0 Å². The zero-order valence-corrected chi connectivity index (χ0v) is 12.9. The molecule has 2 atom stereocenters. The van der Waals surface area contributed by atoms with Gasteiger partial charge in [-0.05, 0) is 34.2 Å². The predicted octanol–water partition coefficient (Wildman–Crippen LogP) is 1.56. The first-order valence-corrected chi connectivity index (χ1v) is 7.08. The molecule has 0 saturated carbocycles. The Bertz CT molecular complexity index is 282. The molecule has 0 aliphatic rings. The molecule has 0 aromatic carbocycles. The number of likely N-dealkylation sites (N-methyl/N-ethyl adjacent to an activating group) is 1. The molecule has 112 valence electrons. The van der Waals surface area contributed by atoms with E-state index in [1.807, 2.05) is 25.8 Å². The van der Waals surface area contributed by atoms with E-state index < -0.39 is 0 Å². The van der Waals surface area contributed by atoms with Gasteiger partial charge in [-0.3, -0.25) is 14.5 Å². The Hall–Kier alpha value is -1.10. The molecule has 5 heteroatoms. The highest BCUT2D eigenvalue weighted by atomic mass is 16.5. The normalized spacial score (nSPS) is 14.0. The summed E-state index contributed by atoms with van der Waals surface area (Å²) in [5.74, 6) is -0.214. The van der Waals surface area contributed by atoms with Gasteiger partial charge < -0.3 is 10.1 Å². The van der Waals surface area contributed by atoms with Crippen LogP contribution in [-0.4, -0.2) is 49.1 Å². The van der Waals surface area contributed by atoms with E-state index in [0.717, 1.165) is 12.8 Å². The minimum absolute atomic E-state index is 0.00677. The predicted molar refractivity (Wildman–Crippen MR) is 75.9 cm³/mol. The number of hydrogen-bond donors (Lipinski definition) is 1. The van der Waals surface area contributed by atoms with Crippen LogP contribution < -0.4 is 5.32 Å². The van der Waals surface area contributed by atoms with E-state index in [1.54, 1.807) is 6.92 Å². The lowest BCUT2D eigenvalue weighted by molar-refractivity contribution is -0.144. The lowest BCUT2D eigenvalue weighted by Gasteiger charge is -2.25. The summed E-state index contributed by atoms with van der Waals surface area (Å²) in [6.45, 7) is 8.65. The van der Waals surface area contributed by atoms with E-state index in [-0.39, 0.29) is 24.0 Å². The molecule has 0 aliphatic carbocycles. The molecule has 0 aliphatic heterocycles. The maximum Gasteiger partial charge on any atom is 0.307 e. The molecular formula is C14H28N2O3. The van der Waals surface area contributed by atoms with Gasteiger partial charge in [0.1, 0.15) is 0 Å².